The van der Waals surface area contributed by atoms with E-state index in [0.717, 1.165) is 12.1 Å². The molecule has 10 heteroatoms. The van der Waals surface area contributed by atoms with E-state index in [4.69, 9.17) is 4.74 Å². The van der Waals surface area contributed by atoms with Gasteiger partial charge in [0.25, 0.3) is 5.91 Å². The Hall–Kier alpha value is -2.62. The lowest BCUT2D eigenvalue weighted by Gasteiger charge is -2.31. The number of ether oxygens (including phenoxy) is 1. The smallest absolute Gasteiger partial charge is 0.383 e. The first kappa shape index (κ1) is 22.1. The summed E-state index contributed by atoms with van der Waals surface area (Å²) >= 11 is 0. The summed E-state index contributed by atoms with van der Waals surface area (Å²) < 4.78 is 46.2. The summed E-state index contributed by atoms with van der Waals surface area (Å²) in [5.74, 6) is 0.457. The van der Waals surface area contributed by atoms with Crippen molar-refractivity contribution in [1.29, 1.82) is 0 Å². The summed E-state index contributed by atoms with van der Waals surface area (Å²) in [6.45, 7) is 4.06. The number of methoxy groups -OCH3 is 1. The van der Waals surface area contributed by atoms with Gasteiger partial charge in [-0.2, -0.15) is 18.3 Å². The minimum atomic E-state index is -4.43. The fraction of sp³-hybridized carbons (Fsp3) is 0.550. The second kappa shape index (κ2) is 9.03. The van der Waals surface area contributed by atoms with E-state index in [-0.39, 0.29) is 23.1 Å². The summed E-state index contributed by atoms with van der Waals surface area (Å²) in [5, 5.41) is 4.48. The molecule has 3 rings (SSSR count). The van der Waals surface area contributed by atoms with Crippen LogP contribution in [0.4, 0.5) is 13.2 Å². The van der Waals surface area contributed by atoms with Crippen LogP contribution >= 0.6 is 0 Å². The molecule has 0 radical (unpaired) electrons. The van der Waals surface area contributed by atoms with E-state index in [1.54, 1.807) is 16.6 Å². The van der Waals surface area contributed by atoms with Gasteiger partial charge in [-0.05, 0) is 44.0 Å². The Labute approximate surface area is 172 Å². The van der Waals surface area contributed by atoms with Crippen LogP contribution in [0.3, 0.4) is 0 Å². The fourth-order valence-electron chi connectivity index (χ4n) is 3.71. The Bertz CT molecular complexity index is 926. The molecule has 0 unspecified atom stereocenters. The minimum absolute atomic E-state index is 0.0399. The van der Waals surface area contributed by atoms with Gasteiger partial charge >= 0.3 is 11.9 Å². The molecular weight excluding hydrogens is 401 g/mol. The number of halogens is 3. The zero-order chi connectivity index (χ0) is 21.9. The zero-order valence-electron chi connectivity index (χ0n) is 17.0. The maximum atomic E-state index is 12.7. The number of amides is 1. The number of nitrogens with zero attached hydrogens (tertiary/aromatic N) is 4. The molecule has 1 fully saturated rings. The average molecular weight is 426 g/mol. The van der Waals surface area contributed by atoms with Crippen LogP contribution in [0.15, 0.2) is 29.1 Å². The molecule has 1 saturated heterocycles. The molecule has 0 aliphatic carbocycles. The first-order valence-corrected chi connectivity index (χ1v) is 9.89. The summed E-state index contributed by atoms with van der Waals surface area (Å²) in [4.78, 5) is 26.8. The van der Waals surface area contributed by atoms with Gasteiger partial charge in [0.05, 0.1) is 18.7 Å². The topological polar surface area (TPSA) is 69.4 Å². The molecule has 164 valence electrons. The Morgan fingerprint density at radius 1 is 1.20 bits per heavy atom. The number of carbonyl (C=O) groups excluding carboxylic acids is 1. The Morgan fingerprint density at radius 3 is 2.37 bits per heavy atom. The minimum Gasteiger partial charge on any atom is -0.383 e. The summed E-state index contributed by atoms with van der Waals surface area (Å²) in [6.07, 6.45) is -3.16. The summed E-state index contributed by atoms with van der Waals surface area (Å²) in [7, 11) is 1.56. The van der Waals surface area contributed by atoms with Gasteiger partial charge in [-0.25, -0.2) is 9.48 Å². The highest BCUT2D eigenvalue weighted by Crippen LogP contribution is 2.30. The molecular formula is C20H25F3N4O3. The molecule has 1 aromatic heterocycles. The molecule has 0 bridgehead atoms. The first-order valence-electron chi connectivity index (χ1n) is 9.89. The molecule has 2 heterocycles. The Kier molecular flexibility index (Phi) is 6.64. The SMILES string of the molecule is CCn1c(C2CCN(C(=O)c3ccc(C(F)(F)F)cc3)CC2)nn(CCOC)c1=O. The van der Waals surface area contributed by atoms with Crippen LogP contribution in [0.1, 0.15) is 47.4 Å². The lowest BCUT2D eigenvalue weighted by molar-refractivity contribution is -0.137. The van der Waals surface area contributed by atoms with Crippen LogP contribution < -0.4 is 5.69 Å². The van der Waals surface area contributed by atoms with E-state index in [1.165, 1.54) is 16.8 Å². The lowest BCUT2D eigenvalue weighted by atomic mass is 9.95. The highest BCUT2D eigenvalue weighted by Gasteiger charge is 2.31. The maximum Gasteiger partial charge on any atom is 0.416 e. The van der Waals surface area contributed by atoms with Crippen LogP contribution in [0, 0.1) is 0 Å². The first-order chi connectivity index (χ1) is 14.3. The normalized spacial score (nSPS) is 15.6. The van der Waals surface area contributed by atoms with E-state index in [0.29, 0.717) is 51.5 Å². The number of piperidine rings is 1. The zero-order valence-corrected chi connectivity index (χ0v) is 17.0. The van der Waals surface area contributed by atoms with Gasteiger partial charge in [-0.1, -0.05) is 0 Å². The predicted octanol–water partition coefficient (Wildman–Crippen LogP) is 2.75. The molecule has 2 aromatic rings. The van der Waals surface area contributed by atoms with Crippen LogP contribution in [-0.4, -0.2) is 52.0 Å². The summed E-state index contributed by atoms with van der Waals surface area (Å²) in [6, 6.07) is 4.27. The predicted molar refractivity (Wildman–Crippen MR) is 103 cm³/mol. The van der Waals surface area contributed by atoms with Gasteiger partial charge in [0, 0.05) is 38.2 Å². The molecule has 0 saturated carbocycles. The number of alkyl halides is 3. The highest BCUT2D eigenvalue weighted by molar-refractivity contribution is 5.94. The molecule has 7 nitrogen and oxygen atoms in total. The number of rotatable bonds is 6. The molecule has 0 spiro atoms. The second-order valence-electron chi connectivity index (χ2n) is 7.24. The van der Waals surface area contributed by atoms with Crippen molar-refractivity contribution >= 4 is 5.91 Å². The van der Waals surface area contributed by atoms with Crippen molar-refractivity contribution < 1.29 is 22.7 Å². The Morgan fingerprint density at radius 2 is 1.83 bits per heavy atom. The van der Waals surface area contributed by atoms with Crippen molar-refractivity contribution in [1.82, 2.24) is 19.2 Å². The molecule has 0 atom stereocenters. The van der Waals surface area contributed by atoms with Gasteiger partial charge in [0.1, 0.15) is 5.82 Å². The third-order valence-electron chi connectivity index (χ3n) is 5.38. The van der Waals surface area contributed by atoms with Crippen molar-refractivity contribution in [2.24, 2.45) is 0 Å². The number of hydrogen-bond acceptors (Lipinski definition) is 4. The number of hydrogen-bond donors (Lipinski definition) is 0. The van der Waals surface area contributed by atoms with Gasteiger partial charge in [0.2, 0.25) is 0 Å². The third kappa shape index (κ3) is 4.58. The Balaban J connectivity index is 1.67. The average Bonchev–Trinajstić information content (AvgIpc) is 3.06. The standard InChI is InChI=1S/C20H25F3N4O3/c1-3-26-17(24-27(19(26)29)12-13-30-2)14-8-10-25(11-9-14)18(28)15-4-6-16(7-5-15)20(21,22)23/h4-7,14H,3,8-13H2,1-2H3. The van der Waals surface area contributed by atoms with E-state index >= 15 is 0 Å². The molecule has 30 heavy (non-hydrogen) atoms. The van der Waals surface area contributed by atoms with E-state index < -0.39 is 11.7 Å². The van der Waals surface area contributed by atoms with Gasteiger partial charge in [-0.15, -0.1) is 0 Å². The molecule has 1 aliphatic rings. The fourth-order valence-corrected chi connectivity index (χ4v) is 3.71. The van der Waals surface area contributed by atoms with E-state index in [1.807, 2.05) is 6.92 Å². The van der Waals surface area contributed by atoms with Crippen molar-refractivity contribution in [3.63, 3.8) is 0 Å². The quantitative estimate of drug-likeness (QED) is 0.712. The second-order valence-corrected chi connectivity index (χ2v) is 7.24. The highest BCUT2D eigenvalue weighted by atomic mass is 19.4. The maximum absolute atomic E-state index is 12.7. The van der Waals surface area contributed by atoms with Crippen LogP contribution in [0.25, 0.3) is 0 Å². The number of likely N-dealkylation sites (tertiary alicyclic amines) is 1. The van der Waals surface area contributed by atoms with Gasteiger partial charge in [0.15, 0.2) is 0 Å². The monoisotopic (exact) mass is 426 g/mol. The van der Waals surface area contributed by atoms with Crippen molar-refractivity contribution in [2.45, 2.75) is 44.9 Å². The van der Waals surface area contributed by atoms with E-state index in [9.17, 15) is 22.8 Å². The third-order valence-corrected chi connectivity index (χ3v) is 5.38. The van der Waals surface area contributed by atoms with Crippen molar-refractivity contribution in [3.8, 4) is 0 Å². The molecule has 1 amide bonds. The van der Waals surface area contributed by atoms with Gasteiger partial charge < -0.3 is 9.64 Å². The van der Waals surface area contributed by atoms with E-state index in [2.05, 4.69) is 5.10 Å². The van der Waals surface area contributed by atoms with Crippen LogP contribution in [0.5, 0.6) is 0 Å². The van der Waals surface area contributed by atoms with Crippen LogP contribution in [0.2, 0.25) is 0 Å². The molecule has 1 aliphatic heterocycles. The van der Waals surface area contributed by atoms with Gasteiger partial charge in [-0.3, -0.25) is 9.36 Å². The van der Waals surface area contributed by atoms with Crippen molar-refractivity contribution in [2.75, 3.05) is 26.8 Å². The molecule has 1 aromatic carbocycles. The largest absolute Gasteiger partial charge is 0.416 e. The lowest BCUT2D eigenvalue weighted by Crippen LogP contribution is -2.38. The number of carbonyl (C=O) groups is 1. The summed E-state index contributed by atoms with van der Waals surface area (Å²) in [5.41, 5.74) is -0.720. The number of aromatic nitrogens is 3. The molecule has 0 N–H and O–H groups in total. The van der Waals surface area contributed by atoms with Crippen LogP contribution in [-0.2, 0) is 24.0 Å². The van der Waals surface area contributed by atoms with Crippen molar-refractivity contribution in [3.05, 3.63) is 51.7 Å². The number of benzene rings is 1.